The number of unbranched alkanes of at least 4 members (excludes halogenated alkanes) is 2. The van der Waals surface area contributed by atoms with Crippen LogP contribution in [0.5, 0.6) is 0 Å². The lowest BCUT2D eigenvalue weighted by Gasteiger charge is -2.00. The second kappa shape index (κ2) is 7.64. The highest BCUT2D eigenvalue weighted by Crippen LogP contribution is 2.02. The Balaban J connectivity index is 3.04. The van der Waals surface area contributed by atoms with Gasteiger partial charge in [-0.15, -0.1) is 0 Å². The fourth-order valence-corrected chi connectivity index (χ4v) is 0.824. The van der Waals surface area contributed by atoms with Crippen molar-refractivity contribution in [2.75, 3.05) is 6.61 Å². The molecule has 0 spiro atoms. The first-order valence-electron chi connectivity index (χ1n) is 4.17. The molecule has 0 fully saturated rings. The Kier molecular flexibility index (Phi) is 7.32. The molecule has 0 aliphatic carbocycles. The van der Waals surface area contributed by atoms with E-state index in [2.05, 4.69) is 0 Å². The number of carbonyl (C=O) groups excluding carboxylic acids is 1. The molecule has 2 radical (unpaired) electrons. The van der Waals surface area contributed by atoms with E-state index in [0.29, 0.717) is 19.3 Å². The molecule has 0 saturated heterocycles. The summed E-state index contributed by atoms with van der Waals surface area (Å²) in [5, 5.41) is 0. The fraction of sp³-hybridized carbons (Fsp3) is 0.875. The first-order chi connectivity index (χ1) is 5.31. The first kappa shape index (κ1) is 10.5. The molecule has 62 valence electrons. The van der Waals surface area contributed by atoms with Crippen LogP contribution in [0.15, 0.2) is 0 Å². The third-order valence-corrected chi connectivity index (χ3v) is 1.39. The van der Waals surface area contributed by atoms with E-state index in [1.807, 2.05) is 6.92 Å². The van der Waals surface area contributed by atoms with E-state index >= 15 is 0 Å². The molecular weight excluding hydrogens is 139 g/mol. The van der Waals surface area contributed by atoms with Gasteiger partial charge in [0.2, 0.25) is 0 Å². The van der Waals surface area contributed by atoms with Crippen molar-refractivity contribution < 1.29 is 9.53 Å². The van der Waals surface area contributed by atoms with Crippen LogP contribution in [-0.4, -0.2) is 20.4 Å². The maximum absolute atomic E-state index is 10.8. The largest absolute Gasteiger partial charge is 0.466 e. The van der Waals surface area contributed by atoms with E-state index in [0.717, 1.165) is 19.3 Å². The zero-order valence-electron chi connectivity index (χ0n) is 7.14. The van der Waals surface area contributed by atoms with Crippen LogP contribution in [0.4, 0.5) is 0 Å². The molecule has 0 amide bonds. The van der Waals surface area contributed by atoms with E-state index < -0.39 is 0 Å². The van der Waals surface area contributed by atoms with Gasteiger partial charge in [-0.05, 0) is 13.3 Å². The quantitative estimate of drug-likeness (QED) is 0.330. The van der Waals surface area contributed by atoms with Crippen LogP contribution >= 0.6 is 0 Å². The van der Waals surface area contributed by atoms with Crippen molar-refractivity contribution in [3.05, 3.63) is 0 Å². The van der Waals surface area contributed by atoms with Gasteiger partial charge in [0.15, 0.2) is 0 Å². The van der Waals surface area contributed by atoms with Gasteiger partial charge in [-0.25, -0.2) is 0 Å². The maximum atomic E-state index is 10.8. The van der Waals surface area contributed by atoms with Gasteiger partial charge in [-0.2, -0.15) is 0 Å². The van der Waals surface area contributed by atoms with Gasteiger partial charge in [0.1, 0.15) is 0 Å². The lowest BCUT2D eigenvalue weighted by molar-refractivity contribution is -0.143. The van der Waals surface area contributed by atoms with E-state index in [-0.39, 0.29) is 5.97 Å². The number of hydrogen-bond acceptors (Lipinski definition) is 2. The molecule has 0 aromatic carbocycles. The summed E-state index contributed by atoms with van der Waals surface area (Å²) in [6.45, 7) is 2.30. The Morgan fingerprint density at radius 3 is 2.64 bits per heavy atom. The van der Waals surface area contributed by atoms with Crippen molar-refractivity contribution >= 4 is 13.8 Å². The van der Waals surface area contributed by atoms with Gasteiger partial charge >= 0.3 is 5.97 Å². The average Bonchev–Trinajstić information content (AvgIpc) is 1.99. The molecule has 0 unspecified atom stereocenters. The topological polar surface area (TPSA) is 26.3 Å². The molecule has 0 aromatic heterocycles. The van der Waals surface area contributed by atoms with Gasteiger partial charge in [0, 0.05) is 6.42 Å². The highest BCUT2D eigenvalue weighted by Gasteiger charge is 1.99. The predicted molar refractivity (Wildman–Crippen MR) is 45.7 cm³/mol. The predicted octanol–water partition coefficient (Wildman–Crippen LogP) is 1.70. The van der Waals surface area contributed by atoms with Crippen LogP contribution < -0.4 is 0 Å². The average molecular weight is 154 g/mol. The molecule has 0 heterocycles. The Hall–Kier alpha value is -0.465. The number of ether oxygens (including phenoxy) is 1. The molecular formula is C8H15BO2. The summed E-state index contributed by atoms with van der Waals surface area (Å²) in [5.74, 6) is -0.0930. The fourth-order valence-electron chi connectivity index (χ4n) is 0.824. The molecule has 0 aromatic rings. The number of hydrogen-bond donors (Lipinski definition) is 0. The van der Waals surface area contributed by atoms with E-state index in [1.54, 1.807) is 0 Å². The van der Waals surface area contributed by atoms with E-state index in [9.17, 15) is 4.79 Å². The highest BCUT2D eigenvalue weighted by atomic mass is 16.5. The van der Waals surface area contributed by atoms with Crippen LogP contribution in [0.1, 0.15) is 32.6 Å². The first-order valence-corrected chi connectivity index (χ1v) is 4.17. The summed E-state index contributed by atoms with van der Waals surface area (Å²) in [5.41, 5.74) is 0. The second-order valence-electron chi connectivity index (χ2n) is 2.40. The summed E-state index contributed by atoms with van der Waals surface area (Å²) in [4.78, 5) is 10.8. The standard InChI is InChI=1S/C8H15BO2/c1-2-11-8(10)6-4-3-5-7-9/h2-7H2,1H3. The number of carbonyl (C=O) groups is 1. The smallest absolute Gasteiger partial charge is 0.305 e. The van der Waals surface area contributed by atoms with Crippen molar-refractivity contribution in [3.63, 3.8) is 0 Å². The van der Waals surface area contributed by atoms with Crippen molar-refractivity contribution in [2.24, 2.45) is 0 Å². The molecule has 0 rings (SSSR count). The SMILES string of the molecule is [B]CCCCCC(=O)OCC. The molecule has 2 nitrogen and oxygen atoms in total. The lowest BCUT2D eigenvalue weighted by Crippen LogP contribution is -2.02. The van der Waals surface area contributed by atoms with Gasteiger partial charge < -0.3 is 4.74 Å². The van der Waals surface area contributed by atoms with Crippen molar-refractivity contribution in [1.82, 2.24) is 0 Å². The van der Waals surface area contributed by atoms with Gasteiger partial charge in [-0.1, -0.05) is 19.2 Å². The van der Waals surface area contributed by atoms with E-state index in [4.69, 9.17) is 12.6 Å². The number of rotatable bonds is 6. The van der Waals surface area contributed by atoms with Crippen molar-refractivity contribution in [1.29, 1.82) is 0 Å². The zero-order valence-corrected chi connectivity index (χ0v) is 7.14. The van der Waals surface area contributed by atoms with Crippen molar-refractivity contribution in [2.45, 2.75) is 38.9 Å². The maximum Gasteiger partial charge on any atom is 0.305 e. The molecule has 0 bridgehead atoms. The monoisotopic (exact) mass is 154 g/mol. The Bertz CT molecular complexity index is 104. The molecule has 3 heteroatoms. The van der Waals surface area contributed by atoms with Crippen LogP contribution in [0.3, 0.4) is 0 Å². The minimum absolute atomic E-state index is 0.0930. The molecule has 0 aliphatic rings. The Morgan fingerprint density at radius 2 is 2.09 bits per heavy atom. The minimum atomic E-state index is -0.0930. The summed E-state index contributed by atoms with van der Waals surface area (Å²) in [6, 6.07) is 0. The third kappa shape index (κ3) is 7.43. The summed E-state index contributed by atoms with van der Waals surface area (Å²) in [6.07, 6.45) is 4.17. The van der Waals surface area contributed by atoms with Crippen LogP contribution in [0.25, 0.3) is 0 Å². The summed E-state index contributed by atoms with van der Waals surface area (Å²) < 4.78 is 4.75. The van der Waals surface area contributed by atoms with Gasteiger partial charge in [0.05, 0.1) is 14.5 Å². The van der Waals surface area contributed by atoms with Crippen LogP contribution in [0, 0.1) is 0 Å². The lowest BCUT2D eigenvalue weighted by atomic mass is 9.99. The normalized spacial score (nSPS) is 9.55. The molecule has 0 N–H and O–H groups in total. The third-order valence-electron chi connectivity index (χ3n) is 1.39. The summed E-state index contributed by atoms with van der Waals surface area (Å²) in [7, 11) is 5.29. The van der Waals surface area contributed by atoms with Gasteiger partial charge in [-0.3, -0.25) is 4.79 Å². The Morgan fingerprint density at radius 1 is 1.36 bits per heavy atom. The minimum Gasteiger partial charge on any atom is -0.466 e. The molecule has 0 saturated carbocycles. The van der Waals surface area contributed by atoms with E-state index in [1.165, 1.54) is 0 Å². The summed E-state index contributed by atoms with van der Waals surface area (Å²) >= 11 is 0. The van der Waals surface area contributed by atoms with Crippen molar-refractivity contribution in [3.8, 4) is 0 Å². The Labute approximate surface area is 69.7 Å². The van der Waals surface area contributed by atoms with Crippen LogP contribution in [0.2, 0.25) is 6.32 Å². The number of esters is 1. The molecule has 0 atom stereocenters. The van der Waals surface area contributed by atoms with Gasteiger partial charge in [0.25, 0.3) is 0 Å². The zero-order chi connectivity index (χ0) is 8.53. The second-order valence-corrected chi connectivity index (χ2v) is 2.40. The molecule has 0 aliphatic heterocycles. The highest BCUT2D eigenvalue weighted by molar-refractivity contribution is 6.08. The van der Waals surface area contributed by atoms with Crippen LogP contribution in [-0.2, 0) is 9.53 Å². The molecule has 11 heavy (non-hydrogen) atoms.